The number of nitrogens with one attached hydrogen (secondary N) is 1. The van der Waals surface area contributed by atoms with Gasteiger partial charge in [0.25, 0.3) is 6.47 Å². The maximum Gasteiger partial charge on any atom is 0.293 e. The Morgan fingerprint density at radius 3 is 2.82 bits per heavy atom. The van der Waals surface area contributed by atoms with Gasteiger partial charge in [-0.1, -0.05) is 0 Å². The summed E-state index contributed by atoms with van der Waals surface area (Å²) in [5.41, 5.74) is 0. The monoisotopic (exact) mass is 246 g/mol. The van der Waals surface area contributed by atoms with Gasteiger partial charge in [-0.05, 0) is 26.7 Å². The molecule has 0 aromatic rings. The molecule has 1 N–H and O–H groups in total. The molecule has 100 valence electrons. The molecule has 5 heteroatoms. The van der Waals surface area contributed by atoms with Crippen molar-refractivity contribution in [3.63, 3.8) is 0 Å². The largest absolute Gasteiger partial charge is 0.467 e. The zero-order valence-corrected chi connectivity index (χ0v) is 10.7. The van der Waals surface area contributed by atoms with Crippen molar-refractivity contribution < 1.29 is 13.9 Å². The Balaban J connectivity index is 2.21. The van der Waals surface area contributed by atoms with Gasteiger partial charge in [0.05, 0.1) is 0 Å². The average Bonchev–Trinajstić information content (AvgIpc) is 2.69. The number of alkyl halides is 1. The van der Waals surface area contributed by atoms with Crippen molar-refractivity contribution in [1.82, 2.24) is 10.2 Å². The van der Waals surface area contributed by atoms with E-state index in [1.807, 2.05) is 0 Å². The maximum atomic E-state index is 13.0. The molecule has 1 fully saturated rings. The van der Waals surface area contributed by atoms with Gasteiger partial charge < -0.3 is 10.1 Å². The first-order valence-corrected chi connectivity index (χ1v) is 6.30. The van der Waals surface area contributed by atoms with Gasteiger partial charge in [0.15, 0.2) is 0 Å². The summed E-state index contributed by atoms with van der Waals surface area (Å²) in [6.07, 6.45) is 0.877. The molecule has 1 heterocycles. The van der Waals surface area contributed by atoms with Gasteiger partial charge in [0.2, 0.25) is 0 Å². The van der Waals surface area contributed by atoms with E-state index in [9.17, 15) is 9.18 Å². The molecule has 1 rings (SSSR count). The minimum Gasteiger partial charge on any atom is -0.467 e. The lowest BCUT2D eigenvalue weighted by atomic mass is 10.1. The van der Waals surface area contributed by atoms with Crippen molar-refractivity contribution in [2.45, 2.75) is 44.9 Å². The summed E-state index contributed by atoms with van der Waals surface area (Å²) in [5, 5.41) is 3.18. The van der Waals surface area contributed by atoms with E-state index in [1.165, 1.54) is 0 Å². The molecule has 0 amide bonds. The summed E-state index contributed by atoms with van der Waals surface area (Å²) in [6, 6.07) is 0.700. The SMILES string of the molecule is CC(C)N(CCOC=O)CCC1CC(F)CN1. The van der Waals surface area contributed by atoms with E-state index in [0.717, 1.165) is 19.5 Å². The van der Waals surface area contributed by atoms with Crippen molar-refractivity contribution in [2.24, 2.45) is 0 Å². The van der Waals surface area contributed by atoms with Crippen LogP contribution >= 0.6 is 0 Å². The van der Waals surface area contributed by atoms with Crippen molar-refractivity contribution >= 4 is 6.47 Å². The standard InChI is InChI=1S/C12H23FN2O2/c1-10(2)15(5-6-17-9-16)4-3-12-7-11(13)8-14-12/h9-12,14H,3-8H2,1-2H3. The van der Waals surface area contributed by atoms with Crippen LogP contribution in [0.5, 0.6) is 0 Å². The first-order chi connectivity index (χ1) is 8.13. The molecule has 0 aliphatic carbocycles. The third kappa shape index (κ3) is 5.46. The minimum atomic E-state index is -0.689. The Morgan fingerprint density at radius 1 is 1.53 bits per heavy atom. The van der Waals surface area contributed by atoms with E-state index in [1.54, 1.807) is 0 Å². The van der Waals surface area contributed by atoms with Crippen molar-refractivity contribution in [1.29, 1.82) is 0 Å². The quantitative estimate of drug-likeness (QED) is 0.511. The Kier molecular flexibility index (Phi) is 6.44. The number of carbonyl (C=O) groups is 1. The van der Waals surface area contributed by atoms with Crippen LogP contribution in [-0.2, 0) is 9.53 Å². The Bertz CT molecular complexity index is 227. The average molecular weight is 246 g/mol. The molecule has 0 bridgehead atoms. The fourth-order valence-corrected chi connectivity index (χ4v) is 2.16. The van der Waals surface area contributed by atoms with E-state index in [2.05, 4.69) is 24.1 Å². The molecule has 1 aliphatic heterocycles. The maximum absolute atomic E-state index is 13.0. The second-order valence-corrected chi connectivity index (χ2v) is 4.82. The highest BCUT2D eigenvalue weighted by molar-refractivity contribution is 5.36. The van der Waals surface area contributed by atoms with Crippen molar-refractivity contribution in [2.75, 3.05) is 26.2 Å². The van der Waals surface area contributed by atoms with Crippen LogP contribution in [0.1, 0.15) is 26.7 Å². The van der Waals surface area contributed by atoms with Crippen LogP contribution in [0, 0.1) is 0 Å². The number of hydrogen-bond donors (Lipinski definition) is 1. The highest BCUT2D eigenvalue weighted by Crippen LogP contribution is 2.13. The third-order valence-electron chi connectivity index (χ3n) is 3.23. The molecule has 2 atom stereocenters. The highest BCUT2D eigenvalue weighted by atomic mass is 19.1. The van der Waals surface area contributed by atoms with Gasteiger partial charge in [-0.2, -0.15) is 0 Å². The molecule has 1 saturated heterocycles. The van der Waals surface area contributed by atoms with E-state index >= 15 is 0 Å². The number of rotatable bonds is 8. The Morgan fingerprint density at radius 2 is 2.29 bits per heavy atom. The molecule has 0 aromatic carbocycles. The molecule has 1 aliphatic rings. The summed E-state index contributed by atoms with van der Waals surface area (Å²) in [7, 11) is 0. The van der Waals surface area contributed by atoms with Gasteiger partial charge in [0.1, 0.15) is 12.8 Å². The molecule has 0 radical (unpaired) electrons. The van der Waals surface area contributed by atoms with Gasteiger partial charge in [-0.25, -0.2) is 4.39 Å². The molecular formula is C12H23FN2O2. The number of halogens is 1. The smallest absolute Gasteiger partial charge is 0.293 e. The summed E-state index contributed by atoms with van der Waals surface area (Å²) in [5.74, 6) is 0. The van der Waals surface area contributed by atoms with Crippen molar-refractivity contribution in [3.8, 4) is 0 Å². The van der Waals surface area contributed by atoms with E-state index in [-0.39, 0.29) is 0 Å². The lowest BCUT2D eigenvalue weighted by Gasteiger charge is -2.27. The van der Waals surface area contributed by atoms with E-state index in [0.29, 0.717) is 38.1 Å². The van der Waals surface area contributed by atoms with Crippen LogP contribution in [0.4, 0.5) is 4.39 Å². The minimum absolute atomic E-state index is 0.290. The van der Waals surface area contributed by atoms with Crippen LogP contribution in [-0.4, -0.2) is 55.9 Å². The summed E-state index contributed by atoms with van der Waals surface area (Å²) < 4.78 is 17.7. The normalized spacial score (nSPS) is 24.5. The van der Waals surface area contributed by atoms with Crippen LogP contribution in [0.25, 0.3) is 0 Å². The topological polar surface area (TPSA) is 41.6 Å². The summed E-state index contributed by atoms with van der Waals surface area (Å²) >= 11 is 0. The summed E-state index contributed by atoms with van der Waals surface area (Å²) in [6.45, 7) is 7.26. The number of ether oxygens (including phenoxy) is 1. The highest BCUT2D eigenvalue weighted by Gasteiger charge is 2.23. The van der Waals surface area contributed by atoms with Crippen LogP contribution in [0.2, 0.25) is 0 Å². The predicted octanol–water partition coefficient (Wildman–Crippen LogP) is 0.960. The second-order valence-electron chi connectivity index (χ2n) is 4.82. The number of hydrogen-bond acceptors (Lipinski definition) is 4. The fourth-order valence-electron chi connectivity index (χ4n) is 2.16. The van der Waals surface area contributed by atoms with E-state index < -0.39 is 6.17 Å². The lowest BCUT2D eigenvalue weighted by Crippen LogP contribution is -2.37. The molecule has 4 nitrogen and oxygen atoms in total. The molecule has 0 spiro atoms. The second kappa shape index (κ2) is 7.61. The van der Waals surface area contributed by atoms with Gasteiger partial charge >= 0.3 is 0 Å². The molecular weight excluding hydrogens is 223 g/mol. The third-order valence-corrected chi connectivity index (χ3v) is 3.23. The number of nitrogens with zero attached hydrogens (tertiary/aromatic N) is 1. The van der Waals surface area contributed by atoms with Crippen LogP contribution in [0.3, 0.4) is 0 Å². The molecule has 0 aromatic heterocycles. The van der Waals surface area contributed by atoms with Gasteiger partial charge in [-0.15, -0.1) is 0 Å². The molecule has 17 heavy (non-hydrogen) atoms. The van der Waals surface area contributed by atoms with Gasteiger partial charge in [-0.3, -0.25) is 9.69 Å². The molecule has 2 unspecified atom stereocenters. The lowest BCUT2D eigenvalue weighted by molar-refractivity contribution is -0.129. The predicted molar refractivity (Wildman–Crippen MR) is 64.6 cm³/mol. The Labute approximate surface area is 102 Å². The first-order valence-electron chi connectivity index (χ1n) is 6.30. The van der Waals surface area contributed by atoms with Crippen molar-refractivity contribution in [3.05, 3.63) is 0 Å². The fraction of sp³-hybridized carbons (Fsp3) is 0.917. The zero-order chi connectivity index (χ0) is 12.7. The Hall–Kier alpha value is -0.680. The van der Waals surface area contributed by atoms with Gasteiger partial charge in [0, 0.05) is 31.7 Å². The molecule has 0 saturated carbocycles. The zero-order valence-electron chi connectivity index (χ0n) is 10.7. The first kappa shape index (κ1) is 14.4. The van der Waals surface area contributed by atoms with Crippen LogP contribution < -0.4 is 5.32 Å². The summed E-state index contributed by atoms with van der Waals surface area (Å²) in [4.78, 5) is 12.3. The van der Waals surface area contributed by atoms with Crippen LogP contribution in [0.15, 0.2) is 0 Å². The number of carbonyl (C=O) groups excluding carboxylic acids is 1. The van der Waals surface area contributed by atoms with E-state index in [4.69, 9.17) is 4.74 Å².